The van der Waals surface area contributed by atoms with E-state index >= 15 is 0 Å². The summed E-state index contributed by atoms with van der Waals surface area (Å²) in [5, 5.41) is 6.09. The van der Waals surface area contributed by atoms with Crippen molar-refractivity contribution in [3.8, 4) is 11.1 Å². The number of benzene rings is 3. The van der Waals surface area contributed by atoms with Gasteiger partial charge in [0.2, 0.25) is 0 Å². The summed E-state index contributed by atoms with van der Waals surface area (Å²) in [6.07, 6.45) is 0. The van der Waals surface area contributed by atoms with Gasteiger partial charge in [-0.3, -0.25) is 4.79 Å². The summed E-state index contributed by atoms with van der Waals surface area (Å²) in [7, 11) is 3.49. The Morgan fingerprint density at radius 2 is 1.65 bits per heavy atom. The number of anilines is 1. The molecule has 2 aliphatic heterocycles. The van der Waals surface area contributed by atoms with Crippen LogP contribution in [-0.4, -0.2) is 61.0 Å². The zero-order chi connectivity index (χ0) is 23.8. The molecule has 34 heavy (non-hydrogen) atoms. The van der Waals surface area contributed by atoms with Crippen molar-refractivity contribution in [2.24, 2.45) is 0 Å². The minimum Gasteiger partial charge on any atom is -0.345 e. The summed E-state index contributed by atoms with van der Waals surface area (Å²) in [5.41, 5.74) is 4.05. The number of halogens is 1. The van der Waals surface area contributed by atoms with Gasteiger partial charge in [0.15, 0.2) is 0 Å². The zero-order valence-corrected chi connectivity index (χ0v) is 19.2. The lowest BCUT2D eigenvalue weighted by molar-refractivity contribution is 0.00199. The highest BCUT2D eigenvalue weighted by Crippen LogP contribution is 2.43. The summed E-state index contributed by atoms with van der Waals surface area (Å²) in [4.78, 5) is 28.6. The van der Waals surface area contributed by atoms with Gasteiger partial charge >= 0.3 is 6.03 Å². The first kappa shape index (κ1) is 22.1. The molecule has 0 aliphatic carbocycles. The van der Waals surface area contributed by atoms with Gasteiger partial charge in [0.05, 0.1) is 17.8 Å². The molecule has 3 aromatic carbocycles. The molecule has 2 heterocycles. The van der Waals surface area contributed by atoms with E-state index in [1.54, 1.807) is 37.2 Å². The molecule has 0 radical (unpaired) electrons. The van der Waals surface area contributed by atoms with Gasteiger partial charge in [-0.05, 0) is 41.0 Å². The molecule has 2 aliphatic rings. The average molecular weight is 459 g/mol. The Labute approximate surface area is 198 Å². The Balaban J connectivity index is 1.32. The van der Waals surface area contributed by atoms with E-state index in [1.807, 2.05) is 29.2 Å². The van der Waals surface area contributed by atoms with Crippen LogP contribution >= 0.6 is 0 Å². The maximum absolute atomic E-state index is 14.0. The third kappa shape index (κ3) is 3.92. The maximum Gasteiger partial charge on any atom is 0.322 e. The number of nitrogens with one attached hydrogen (secondary N) is 2. The number of piperidine rings is 1. The average Bonchev–Trinajstić information content (AvgIpc) is 2.86. The lowest BCUT2D eigenvalue weighted by Crippen LogP contribution is -2.74. The van der Waals surface area contributed by atoms with Gasteiger partial charge < -0.3 is 20.4 Å². The first-order valence-corrected chi connectivity index (χ1v) is 11.4. The summed E-state index contributed by atoms with van der Waals surface area (Å²) in [6.45, 7) is 1.39. The second kappa shape index (κ2) is 8.91. The molecular weight excluding hydrogens is 431 g/mol. The SMILES string of the molecule is CN(C)C(=O)c1cccc(-c2ccc(C3[C@H]4CNC[C@@H]3N4C(=O)Nc3ccccc3F)cc2)c1. The van der Waals surface area contributed by atoms with Crippen LogP contribution in [0.5, 0.6) is 0 Å². The molecule has 3 atom stereocenters. The molecule has 2 fully saturated rings. The highest BCUT2D eigenvalue weighted by molar-refractivity contribution is 5.95. The van der Waals surface area contributed by atoms with E-state index in [-0.39, 0.29) is 35.6 Å². The van der Waals surface area contributed by atoms with Crippen LogP contribution in [0.15, 0.2) is 72.8 Å². The number of rotatable bonds is 4. The van der Waals surface area contributed by atoms with Crippen molar-refractivity contribution in [1.29, 1.82) is 0 Å². The molecule has 174 valence electrons. The van der Waals surface area contributed by atoms with E-state index in [0.29, 0.717) is 18.7 Å². The van der Waals surface area contributed by atoms with Crippen molar-refractivity contribution in [2.75, 3.05) is 32.5 Å². The minimum atomic E-state index is -0.442. The molecule has 2 N–H and O–H groups in total. The minimum absolute atomic E-state index is 0.0115. The fraction of sp³-hybridized carbons (Fsp3) is 0.259. The van der Waals surface area contributed by atoms with Crippen LogP contribution in [0.25, 0.3) is 11.1 Å². The largest absolute Gasteiger partial charge is 0.345 e. The van der Waals surface area contributed by atoms with Crippen molar-refractivity contribution in [2.45, 2.75) is 18.0 Å². The summed E-state index contributed by atoms with van der Waals surface area (Å²) >= 11 is 0. The number of fused-ring (bicyclic) bond motifs is 2. The molecule has 5 rings (SSSR count). The van der Waals surface area contributed by atoms with E-state index < -0.39 is 5.82 Å². The third-order valence-electron chi connectivity index (χ3n) is 6.75. The number of hydrogen-bond donors (Lipinski definition) is 2. The Hall–Kier alpha value is -3.71. The van der Waals surface area contributed by atoms with Crippen molar-refractivity contribution in [3.05, 3.63) is 89.7 Å². The standard InChI is InChI=1S/C27H27FN4O2/c1-31(2)26(33)20-7-5-6-19(14-20)17-10-12-18(13-11-17)25-23-15-29-16-24(25)32(23)27(34)30-22-9-4-3-8-21(22)28/h3-14,23-25,29H,15-16H2,1-2H3,(H,30,34)/t23-,24+,25?. The number of urea groups is 1. The molecular formula is C27H27FN4O2. The van der Waals surface area contributed by atoms with Gasteiger partial charge in [-0.25, -0.2) is 9.18 Å². The van der Waals surface area contributed by atoms with Crippen LogP contribution in [0.2, 0.25) is 0 Å². The molecule has 7 heteroatoms. The van der Waals surface area contributed by atoms with Crippen LogP contribution in [0.4, 0.5) is 14.9 Å². The molecule has 1 unspecified atom stereocenters. The second-order valence-electron chi connectivity index (χ2n) is 9.04. The Morgan fingerprint density at radius 1 is 0.941 bits per heavy atom. The molecule has 3 aromatic rings. The van der Waals surface area contributed by atoms with E-state index in [9.17, 15) is 14.0 Å². The Morgan fingerprint density at radius 3 is 2.32 bits per heavy atom. The number of para-hydroxylation sites is 1. The smallest absolute Gasteiger partial charge is 0.322 e. The van der Waals surface area contributed by atoms with Crippen LogP contribution in [0, 0.1) is 5.82 Å². The topological polar surface area (TPSA) is 64.7 Å². The van der Waals surface area contributed by atoms with Crippen LogP contribution in [-0.2, 0) is 0 Å². The van der Waals surface area contributed by atoms with Crippen molar-refractivity contribution < 1.29 is 14.0 Å². The second-order valence-corrected chi connectivity index (χ2v) is 9.04. The van der Waals surface area contributed by atoms with Crippen LogP contribution in [0.1, 0.15) is 21.8 Å². The fourth-order valence-corrected chi connectivity index (χ4v) is 5.05. The van der Waals surface area contributed by atoms with Crippen LogP contribution in [0.3, 0.4) is 0 Å². The van der Waals surface area contributed by atoms with Gasteiger partial charge in [0.1, 0.15) is 5.82 Å². The molecule has 2 bridgehead atoms. The normalized spacial score (nSPS) is 20.9. The van der Waals surface area contributed by atoms with Crippen molar-refractivity contribution in [1.82, 2.24) is 15.1 Å². The third-order valence-corrected chi connectivity index (χ3v) is 6.75. The molecule has 0 aromatic heterocycles. The van der Waals surface area contributed by atoms with E-state index in [2.05, 4.69) is 34.9 Å². The molecule has 3 amide bonds. The molecule has 0 saturated carbocycles. The Bertz CT molecular complexity index is 1220. The predicted octanol–water partition coefficient (Wildman–Crippen LogP) is 4.17. The number of carbonyl (C=O) groups is 2. The fourth-order valence-electron chi connectivity index (χ4n) is 5.05. The Kier molecular flexibility index (Phi) is 5.79. The van der Waals surface area contributed by atoms with Crippen LogP contribution < -0.4 is 10.6 Å². The number of hydrogen-bond acceptors (Lipinski definition) is 3. The van der Waals surface area contributed by atoms with Gasteiger partial charge in [-0.1, -0.05) is 48.5 Å². The number of piperazine rings is 1. The van der Waals surface area contributed by atoms with E-state index in [1.165, 1.54) is 11.6 Å². The molecule has 6 nitrogen and oxygen atoms in total. The van der Waals surface area contributed by atoms with Gasteiger partial charge in [-0.15, -0.1) is 0 Å². The van der Waals surface area contributed by atoms with E-state index in [0.717, 1.165) is 11.1 Å². The molecule has 0 spiro atoms. The van der Waals surface area contributed by atoms with Gasteiger partial charge in [0, 0.05) is 38.7 Å². The first-order valence-electron chi connectivity index (χ1n) is 11.4. The number of nitrogens with zero attached hydrogens (tertiary/aromatic N) is 2. The van der Waals surface area contributed by atoms with Crippen molar-refractivity contribution >= 4 is 17.6 Å². The summed E-state index contributed by atoms with van der Waals surface area (Å²) in [6, 6.07) is 21.9. The molecule has 2 saturated heterocycles. The first-order chi connectivity index (χ1) is 16.4. The highest BCUT2D eigenvalue weighted by Gasteiger charge is 2.53. The van der Waals surface area contributed by atoms with E-state index in [4.69, 9.17) is 0 Å². The lowest BCUT2D eigenvalue weighted by Gasteiger charge is -2.59. The number of amides is 3. The maximum atomic E-state index is 14.0. The summed E-state index contributed by atoms with van der Waals surface area (Å²) in [5.74, 6) is -0.242. The quantitative estimate of drug-likeness (QED) is 0.617. The van der Waals surface area contributed by atoms with Gasteiger partial charge in [-0.2, -0.15) is 0 Å². The highest BCUT2D eigenvalue weighted by atomic mass is 19.1. The summed E-state index contributed by atoms with van der Waals surface area (Å²) < 4.78 is 14.0. The lowest BCUT2D eigenvalue weighted by atomic mass is 9.72. The predicted molar refractivity (Wildman–Crippen MR) is 130 cm³/mol. The number of carbonyl (C=O) groups excluding carboxylic acids is 2. The monoisotopic (exact) mass is 458 g/mol. The van der Waals surface area contributed by atoms with Gasteiger partial charge in [0.25, 0.3) is 5.91 Å². The number of likely N-dealkylation sites (tertiary alicyclic amines) is 1. The van der Waals surface area contributed by atoms with Crippen molar-refractivity contribution in [3.63, 3.8) is 0 Å². The zero-order valence-electron chi connectivity index (χ0n) is 19.2.